The summed E-state index contributed by atoms with van der Waals surface area (Å²) in [6.07, 6.45) is 1.24. The van der Waals surface area contributed by atoms with Gasteiger partial charge in [-0.3, -0.25) is 0 Å². The summed E-state index contributed by atoms with van der Waals surface area (Å²) in [6.45, 7) is 0. The van der Waals surface area contributed by atoms with Crippen LogP contribution in [-0.2, 0) is 0 Å². The number of amidine groups is 1. The Morgan fingerprint density at radius 1 is 1.11 bits per heavy atom. The first-order chi connectivity index (χ1) is 8.61. The van der Waals surface area contributed by atoms with Crippen LogP contribution in [0.4, 0.5) is 8.78 Å². The van der Waals surface area contributed by atoms with Crippen LogP contribution in [-0.4, -0.2) is 15.8 Å². The van der Waals surface area contributed by atoms with Crippen molar-refractivity contribution in [2.45, 2.75) is 0 Å². The lowest BCUT2D eigenvalue weighted by Gasteiger charge is -2.03. The topological polar surface area (TPSA) is 90.2 Å². The molecule has 2 rings (SSSR count). The van der Waals surface area contributed by atoms with Crippen LogP contribution < -0.4 is 11.6 Å². The van der Waals surface area contributed by atoms with E-state index < -0.39 is 11.6 Å². The number of halogens is 2. The summed E-state index contributed by atoms with van der Waals surface area (Å²) < 4.78 is 25.9. The molecule has 92 valence electrons. The van der Waals surface area contributed by atoms with E-state index in [0.717, 1.165) is 12.1 Å². The monoisotopic (exact) mass is 249 g/mol. The van der Waals surface area contributed by atoms with E-state index in [1.807, 2.05) is 0 Å². The van der Waals surface area contributed by atoms with Crippen LogP contribution in [0.3, 0.4) is 0 Å². The van der Waals surface area contributed by atoms with E-state index in [1.165, 1.54) is 18.5 Å². The van der Waals surface area contributed by atoms with Gasteiger partial charge in [0, 0.05) is 5.56 Å². The van der Waals surface area contributed by atoms with Gasteiger partial charge in [0.1, 0.15) is 12.0 Å². The molecular weight excluding hydrogens is 240 g/mol. The van der Waals surface area contributed by atoms with Gasteiger partial charge in [0.05, 0.1) is 5.69 Å². The van der Waals surface area contributed by atoms with Crippen molar-refractivity contribution >= 4 is 5.84 Å². The molecular formula is C11H9F2N5. The van der Waals surface area contributed by atoms with E-state index in [0.29, 0.717) is 17.0 Å². The minimum Gasteiger partial charge on any atom is -0.380 e. The molecule has 0 saturated carbocycles. The molecule has 0 bridgehead atoms. The Morgan fingerprint density at radius 2 is 1.89 bits per heavy atom. The zero-order valence-electron chi connectivity index (χ0n) is 9.14. The molecule has 1 aromatic heterocycles. The summed E-state index contributed by atoms with van der Waals surface area (Å²) in [7, 11) is 0. The number of rotatable bonds is 2. The van der Waals surface area contributed by atoms with E-state index in [9.17, 15) is 8.78 Å². The lowest BCUT2D eigenvalue weighted by atomic mass is 10.1. The SMILES string of the molecule is N/N=C(\N)c1cc(-c2ccc(F)c(F)c2)ncn1. The first-order valence-corrected chi connectivity index (χ1v) is 4.93. The van der Waals surface area contributed by atoms with Crippen LogP contribution in [0, 0.1) is 11.6 Å². The summed E-state index contributed by atoms with van der Waals surface area (Å²) in [6, 6.07) is 4.95. The Hall–Kier alpha value is -2.57. The summed E-state index contributed by atoms with van der Waals surface area (Å²) in [5.41, 5.74) is 6.61. The van der Waals surface area contributed by atoms with Crippen molar-refractivity contribution in [1.29, 1.82) is 0 Å². The Morgan fingerprint density at radius 3 is 2.56 bits per heavy atom. The van der Waals surface area contributed by atoms with Crippen molar-refractivity contribution in [1.82, 2.24) is 9.97 Å². The second-order valence-corrected chi connectivity index (χ2v) is 3.43. The number of hydrazone groups is 1. The first-order valence-electron chi connectivity index (χ1n) is 4.93. The highest BCUT2D eigenvalue weighted by atomic mass is 19.2. The van der Waals surface area contributed by atoms with Gasteiger partial charge in [-0.15, -0.1) is 0 Å². The zero-order chi connectivity index (χ0) is 13.1. The fraction of sp³-hybridized carbons (Fsp3) is 0. The normalized spacial score (nSPS) is 11.6. The number of hydrogen-bond acceptors (Lipinski definition) is 4. The highest BCUT2D eigenvalue weighted by Gasteiger charge is 2.08. The summed E-state index contributed by atoms with van der Waals surface area (Å²) >= 11 is 0. The molecule has 0 fully saturated rings. The van der Waals surface area contributed by atoms with E-state index >= 15 is 0 Å². The molecule has 7 heteroatoms. The lowest BCUT2D eigenvalue weighted by Crippen LogP contribution is -2.17. The average Bonchev–Trinajstić information content (AvgIpc) is 2.41. The first kappa shape index (κ1) is 11.9. The quantitative estimate of drug-likeness (QED) is 0.359. The van der Waals surface area contributed by atoms with E-state index in [1.54, 1.807) is 0 Å². The number of nitrogens with two attached hydrogens (primary N) is 2. The van der Waals surface area contributed by atoms with Gasteiger partial charge in [0.25, 0.3) is 0 Å². The minimum absolute atomic E-state index is 0.0289. The highest BCUT2D eigenvalue weighted by molar-refractivity contribution is 5.96. The molecule has 2 aromatic rings. The van der Waals surface area contributed by atoms with E-state index in [2.05, 4.69) is 15.1 Å². The third-order valence-electron chi connectivity index (χ3n) is 2.28. The second-order valence-electron chi connectivity index (χ2n) is 3.43. The maximum absolute atomic E-state index is 13.1. The van der Waals surface area contributed by atoms with Crippen molar-refractivity contribution in [2.24, 2.45) is 16.7 Å². The van der Waals surface area contributed by atoms with Gasteiger partial charge >= 0.3 is 0 Å². The van der Waals surface area contributed by atoms with Crippen LogP contribution in [0.1, 0.15) is 5.69 Å². The standard InChI is InChI=1S/C11H9F2N5/c12-7-2-1-6(3-8(7)13)9-4-10(11(14)18-15)17-5-16-9/h1-5H,15H2,(H2,14,18). The molecule has 0 unspecified atom stereocenters. The highest BCUT2D eigenvalue weighted by Crippen LogP contribution is 2.19. The maximum atomic E-state index is 13.1. The van der Waals surface area contributed by atoms with Crippen LogP contribution in [0.5, 0.6) is 0 Å². The summed E-state index contributed by atoms with van der Waals surface area (Å²) in [4.78, 5) is 7.81. The predicted octanol–water partition coefficient (Wildman–Crippen LogP) is 1.00. The number of aromatic nitrogens is 2. The predicted molar refractivity (Wildman–Crippen MR) is 62.3 cm³/mol. The van der Waals surface area contributed by atoms with Gasteiger partial charge in [0.2, 0.25) is 0 Å². The molecule has 0 radical (unpaired) electrons. The molecule has 0 atom stereocenters. The lowest BCUT2D eigenvalue weighted by molar-refractivity contribution is 0.509. The third-order valence-corrected chi connectivity index (χ3v) is 2.28. The van der Waals surface area contributed by atoms with Crippen LogP contribution in [0.2, 0.25) is 0 Å². The summed E-state index contributed by atoms with van der Waals surface area (Å²) in [5.74, 6) is 3.19. The van der Waals surface area contributed by atoms with E-state index in [-0.39, 0.29) is 5.84 Å². The van der Waals surface area contributed by atoms with Gasteiger partial charge in [-0.05, 0) is 24.3 Å². The van der Waals surface area contributed by atoms with Crippen LogP contribution >= 0.6 is 0 Å². The van der Waals surface area contributed by atoms with Gasteiger partial charge in [-0.25, -0.2) is 18.7 Å². The molecule has 0 aliphatic heterocycles. The van der Waals surface area contributed by atoms with E-state index in [4.69, 9.17) is 11.6 Å². The molecule has 1 heterocycles. The fourth-order valence-electron chi connectivity index (χ4n) is 1.38. The van der Waals surface area contributed by atoms with Crippen molar-refractivity contribution < 1.29 is 8.78 Å². The molecule has 5 nitrogen and oxygen atoms in total. The van der Waals surface area contributed by atoms with Gasteiger partial charge in [-0.1, -0.05) is 0 Å². The van der Waals surface area contributed by atoms with Crippen molar-refractivity contribution in [3.63, 3.8) is 0 Å². The second kappa shape index (κ2) is 4.74. The van der Waals surface area contributed by atoms with Gasteiger partial charge < -0.3 is 11.6 Å². The molecule has 18 heavy (non-hydrogen) atoms. The average molecular weight is 249 g/mol. The van der Waals surface area contributed by atoms with Crippen LogP contribution in [0.25, 0.3) is 11.3 Å². The van der Waals surface area contributed by atoms with Crippen LogP contribution in [0.15, 0.2) is 35.7 Å². The van der Waals surface area contributed by atoms with Gasteiger partial charge in [-0.2, -0.15) is 5.10 Å². The zero-order valence-corrected chi connectivity index (χ0v) is 9.14. The fourth-order valence-corrected chi connectivity index (χ4v) is 1.38. The Labute approximate surface area is 101 Å². The Kier molecular flexibility index (Phi) is 3.13. The maximum Gasteiger partial charge on any atom is 0.169 e. The largest absolute Gasteiger partial charge is 0.380 e. The third kappa shape index (κ3) is 2.24. The van der Waals surface area contributed by atoms with Crippen molar-refractivity contribution in [3.8, 4) is 11.3 Å². The number of nitrogens with zero attached hydrogens (tertiary/aromatic N) is 3. The molecule has 0 spiro atoms. The minimum atomic E-state index is -0.951. The Balaban J connectivity index is 2.48. The smallest absolute Gasteiger partial charge is 0.169 e. The number of hydrogen-bond donors (Lipinski definition) is 2. The molecule has 0 aliphatic carbocycles. The number of benzene rings is 1. The molecule has 0 amide bonds. The Bertz CT molecular complexity index is 612. The molecule has 4 N–H and O–H groups in total. The van der Waals surface area contributed by atoms with Gasteiger partial charge in [0.15, 0.2) is 17.5 Å². The molecule has 0 saturated heterocycles. The molecule has 0 aliphatic rings. The summed E-state index contributed by atoms with van der Waals surface area (Å²) in [5, 5.41) is 3.30. The van der Waals surface area contributed by atoms with Crippen molar-refractivity contribution in [2.75, 3.05) is 0 Å². The van der Waals surface area contributed by atoms with Crippen molar-refractivity contribution in [3.05, 3.63) is 47.9 Å². The molecule has 1 aromatic carbocycles.